The maximum atomic E-state index is 13.3. The molecule has 0 spiro atoms. The lowest BCUT2D eigenvalue weighted by molar-refractivity contribution is -0.386. The van der Waals surface area contributed by atoms with E-state index >= 15 is 0 Å². The van der Waals surface area contributed by atoms with E-state index in [0.29, 0.717) is 0 Å². The number of nitro benzene ring substituents is 1. The quantitative estimate of drug-likeness (QED) is 0.280. The average Bonchev–Trinajstić information content (AvgIpc) is 3.01. The molecular formula is C21H26N2O9S2. The van der Waals surface area contributed by atoms with E-state index in [4.69, 9.17) is 9.47 Å². The summed E-state index contributed by atoms with van der Waals surface area (Å²) in [5.41, 5.74) is -1.66. The van der Waals surface area contributed by atoms with Crippen molar-refractivity contribution < 1.29 is 36.7 Å². The normalized spacial score (nSPS) is 18.0. The average molecular weight is 515 g/mol. The highest BCUT2D eigenvalue weighted by atomic mass is 32.3. The second-order valence-corrected chi connectivity index (χ2v) is 12.8. The van der Waals surface area contributed by atoms with Crippen LogP contribution in [0.1, 0.15) is 31.6 Å². The molecule has 34 heavy (non-hydrogen) atoms. The Labute approximate surface area is 198 Å². The summed E-state index contributed by atoms with van der Waals surface area (Å²) in [5.74, 6) is -0.843. The molecule has 1 aliphatic rings. The van der Waals surface area contributed by atoms with E-state index in [0.717, 1.165) is 0 Å². The third kappa shape index (κ3) is 5.43. The molecule has 0 saturated heterocycles. The van der Waals surface area contributed by atoms with Crippen molar-refractivity contribution in [3.8, 4) is 5.75 Å². The van der Waals surface area contributed by atoms with Gasteiger partial charge in [-0.25, -0.2) is 13.2 Å². The van der Waals surface area contributed by atoms with Crippen LogP contribution in [0.5, 0.6) is 5.75 Å². The van der Waals surface area contributed by atoms with Gasteiger partial charge < -0.3 is 14.8 Å². The van der Waals surface area contributed by atoms with Gasteiger partial charge in [-0.2, -0.15) is 10.6 Å². The van der Waals surface area contributed by atoms with E-state index in [2.05, 4.69) is 5.32 Å². The molecule has 186 valence electrons. The Bertz CT molecular complexity index is 1190. The van der Waals surface area contributed by atoms with Crippen LogP contribution >= 0.6 is 10.6 Å². The van der Waals surface area contributed by atoms with Crippen LogP contribution in [0.2, 0.25) is 0 Å². The van der Waals surface area contributed by atoms with Gasteiger partial charge in [0.2, 0.25) is 0 Å². The Balaban J connectivity index is 1.92. The maximum absolute atomic E-state index is 13.3. The molecule has 1 heterocycles. The number of sulfone groups is 1. The van der Waals surface area contributed by atoms with Crippen molar-refractivity contribution in [3.63, 3.8) is 0 Å². The largest absolute Gasteiger partial charge is 0.485 e. The smallest absolute Gasteiger partial charge is 0.407 e. The molecule has 2 aromatic rings. The lowest BCUT2D eigenvalue weighted by Gasteiger charge is -2.27. The van der Waals surface area contributed by atoms with Gasteiger partial charge in [0, 0.05) is 0 Å². The Morgan fingerprint density at radius 2 is 1.85 bits per heavy atom. The number of amides is 1. The number of carbonyl (C=O) groups excluding carboxylic acids is 1. The molecule has 1 unspecified atom stereocenters. The van der Waals surface area contributed by atoms with Crippen LogP contribution in [0.4, 0.5) is 10.5 Å². The zero-order valence-corrected chi connectivity index (χ0v) is 20.4. The molecular weight excluding hydrogens is 488 g/mol. The van der Waals surface area contributed by atoms with Gasteiger partial charge in [0.15, 0.2) is 15.6 Å². The number of hydrogen-bond donors (Lipinski definition) is 3. The van der Waals surface area contributed by atoms with E-state index in [9.17, 15) is 32.4 Å². The van der Waals surface area contributed by atoms with Crippen LogP contribution in [0.15, 0.2) is 52.3 Å². The first kappa shape index (κ1) is 25.7. The minimum atomic E-state index is -4.18. The van der Waals surface area contributed by atoms with Crippen molar-refractivity contribution in [2.45, 2.75) is 41.4 Å². The van der Waals surface area contributed by atoms with Gasteiger partial charge in [-0.1, -0.05) is 18.2 Å². The molecule has 2 aromatic carbocycles. The molecule has 3 N–H and O–H groups in total. The highest BCUT2D eigenvalue weighted by Gasteiger charge is 2.48. The van der Waals surface area contributed by atoms with Crippen LogP contribution in [0.25, 0.3) is 0 Å². The highest BCUT2D eigenvalue weighted by molar-refractivity contribution is 8.25. The lowest BCUT2D eigenvalue weighted by atomic mass is 10.1. The summed E-state index contributed by atoms with van der Waals surface area (Å²) >= 11 is 0. The number of ether oxygens (including phenoxy) is 2. The van der Waals surface area contributed by atoms with Crippen LogP contribution in [-0.2, 0) is 14.6 Å². The Morgan fingerprint density at radius 1 is 1.21 bits per heavy atom. The first-order valence-electron chi connectivity index (χ1n) is 10.2. The second kappa shape index (κ2) is 9.41. The number of benzene rings is 2. The van der Waals surface area contributed by atoms with Crippen molar-refractivity contribution in [2.24, 2.45) is 0 Å². The van der Waals surface area contributed by atoms with E-state index in [1.165, 1.54) is 36.4 Å². The number of nitrogens with zero attached hydrogens (tertiary/aromatic N) is 1. The number of alkyl carbamates (subject to hydrolysis) is 1. The van der Waals surface area contributed by atoms with Gasteiger partial charge in [-0.3, -0.25) is 19.2 Å². The van der Waals surface area contributed by atoms with E-state index in [1.807, 2.05) is 0 Å². The number of fused-ring (bicyclic) bond motifs is 1. The molecule has 0 bridgehead atoms. The third-order valence-electron chi connectivity index (χ3n) is 4.85. The Hall–Kier alpha value is -2.87. The first-order chi connectivity index (χ1) is 15.7. The fraction of sp³-hybridized carbons (Fsp3) is 0.381. The van der Waals surface area contributed by atoms with Gasteiger partial charge in [-0.05, 0) is 45.0 Å². The summed E-state index contributed by atoms with van der Waals surface area (Å²) in [6.45, 7) is 4.87. The van der Waals surface area contributed by atoms with E-state index < -0.39 is 53.7 Å². The number of carbonyl (C=O) groups is 1. The SMILES string of the molecule is CC(C)(C)OC(=O)NCCOc1ccc2c(c1[N+](=O)[O-])C(S(=O)(=O)c1ccccc1)CS2(O)O. The molecule has 3 rings (SSSR count). The lowest BCUT2D eigenvalue weighted by Crippen LogP contribution is -2.34. The minimum Gasteiger partial charge on any atom is -0.485 e. The third-order valence-corrected chi connectivity index (χ3v) is 9.01. The minimum absolute atomic E-state index is 0.0376. The van der Waals surface area contributed by atoms with Gasteiger partial charge in [-0.15, -0.1) is 0 Å². The zero-order chi connectivity index (χ0) is 25.3. The summed E-state index contributed by atoms with van der Waals surface area (Å²) in [4.78, 5) is 22.6. The molecule has 0 aliphatic carbocycles. The van der Waals surface area contributed by atoms with Crippen LogP contribution in [0.3, 0.4) is 0 Å². The van der Waals surface area contributed by atoms with Crippen LogP contribution in [-0.4, -0.2) is 53.0 Å². The monoisotopic (exact) mass is 514 g/mol. The second-order valence-electron chi connectivity index (χ2n) is 8.54. The maximum Gasteiger partial charge on any atom is 0.407 e. The van der Waals surface area contributed by atoms with Gasteiger partial charge >= 0.3 is 11.8 Å². The summed E-state index contributed by atoms with van der Waals surface area (Å²) < 4.78 is 58.2. The molecule has 1 aliphatic heterocycles. The number of nitro groups is 1. The van der Waals surface area contributed by atoms with Gasteiger partial charge in [0.1, 0.15) is 17.5 Å². The van der Waals surface area contributed by atoms with E-state index in [1.54, 1.807) is 26.8 Å². The predicted molar refractivity (Wildman–Crippen MR) is 125 cm³/mol. The molecule has 1 atom stereocenters. The van der Waals surface area contributed by atoms with Crippen LogP contribution < -0.4 is 10.1 Å². The van der Waals surface area contributed by atoms with Gasteiger partial charge in [0.05, 0.1) is 32.6 Å². The molecule has 0 aromatic heterocycles. The van der Waals surface area contributed by atoms with Gasteiger partial charge in [0.25, 0.3) is 0 Å². The predicted octanol–water partition coefficient (Wildman–Crippen LogP) is 4.14. The topological polar surface area (TPSA) is 165 Å². The molecule has 1 amide bonds. The first-order valence-corrected chi connectivity index (χ1v) is 13.5. The summed E-state index contributed by atoms with van der Waals surface area (Å²) in [6.07, 6.45) is -0.692. The van der Waals surface area contributed by atoms with Crippen molar-refractivity contribution in [1.29, 1.82) is 0 Å². The standard InChI is InChI=1S/C21H26N2O9S2/c1-21(2,3)32-20(24)22-11-12-31-15-9-10-16-18(19(15)23(25)26)17(13-33(16,27)28)34(29,30)14-7-5-4-6-8-14/h4-10,17,27-28H,11-13H2,1-3H3,(H,22,24). The molecule has 11 nitrogen and oxygen atoms in total. The fourth-order valence-corrected chi connectivity index (χ4v) is 7.92. The molecule has 13 heteroatoms. The van der Waals surface area contributed by atoms with Crippen molar-refractivity contribution in [3.05, 3.63) is 58.1 Å². The summed E-state index contributed by atoms with van der Waals surface area (Å²) in [7, 11) is -7.77. The Morgan fingerprint density at radius 3 is 2.44 bits per heavy atom. The highest BCUT2D eigenvalue weighted by Crippen LogP contribution is 2.64. The fourth-order valence-electron chi connectivity index (χ4n) is 3.50. The van der Waals surface area contributed by atoms with Crippen molar-refractivity contribution in [2.75, 3.05) is 18.9 Å². The number of nitrogens with one attached hydrogen (secondary N) is 1. The number of hydrogen-bond acceptors (Lipinski definition) is 9. The Kier molecular flexibility index (Phi) is 7.12. The molecule has 0 fully saturated rings. The molecule has 0 saturated carbocycles. The van der Waals surface area contributed by atoms with Crippen molar-refractivity contribution in [1.82, 2.24) is 5.32 Å². The zero-order valence-electron chi connectivity index (χ0n) is 18.8. The summed E-state index contributed by atoms with van der Waals surface area (Å²) in [6, 6.07) is 9.74. The van der Waals surface area contributed by atoms with Crippen molar-refractivity contribution >= 4 is 32.2 Å². The summed E-state index contributed by atoms with van der Waals surface area (Å²) in [5, 5.41) is 12.9. The van der Waals surface area contributed by atoms with Crippen LogP contribution in [0, 0.1) is 10.1 Å². The number of rotatable bonds is 7. The van der Waals surface area contributed by atoms with E-state index in [-0.39, 0.29) is 34.3 Å². The molecule has 0 radical (unpaired) electrons.